The second-order valence-corrected chi connectivity index (χ2v) is 6.31. The molecule has 0 saturated carbocycles. The Hall–Kier alpha value is -2.75. The summed E-state index contributed by atoms with van der Waals surface area (Å²) in [7, 11) is 0. The van der Waals surface area contributed by atoms with E-state index in [1.807, 2.05) is 0 Å². The summed E-state index contributed by atoms with van der Waals surface area (Å²) in [6.07, 6.45) is -4.55. The lowest BCUT2D eigenvalue weighted by Gasteiger charge is -2.13. The molecule has 0 aliphatic heterocycles. The van der Waals surface area contributed by atoms with Gasteiger partial charge in [-0.15, -0.1) is 0 Å². The average Bonchev–Trinajstić information content (AvgIpc) is 3.07. The quantitative estimate of drug-likeness (QED) is 0.316. The van der Waals surface area contributed by atoms with Crippen LogP contribution >= 0.6 is 15.9 Å². The van der Waals surface area contributed by atoms with Crippen LogP contribution in [-0.2, 0) is 6.18 Å². The molecular weight excluding hydrogens is 458 g/mol. The number of hydrogen-bond acceptors (Lipinski definition) is 3. The molecule has 0 radical (unpaired) electrons. The van der Waals surface area contributed by atoms with E-state index in [4.69, 9.17) is 9.15 Å². The number of ether oxygens (including phenoxy) is 1. The topological polar surface area (TPSA) is 39.4 Å². The van der Waals surface area contributed by atoms with Crippen LogP contribution in [0.4, 0.5) is 26.3 Å². The van der Waals surface area contributed by atoms with Crippen molar-refractivity contribution >= 4 is 22.2 Å². The molecule has 0 aliphatic rings. The van der Waals surface area contributed by atoms with E-state index < -0.39 is 34.9 Å². The van der Waals surface area contributed by atoms with Gasteiger partial charge in [0.25, 0.3) is 0 Å². The van der Waals surface area contributed by atoms with Gasteiger partial charge < -0.3 is 9.15 Å². The van der Waals surface area contributed by atoms with Crippen LogP contribution in [0.2, 0.25) is 0 Å². The second kappa shape index (κ2) is 7.34. The highest BCUT2D eigenvalue weighted by Gasteiger charge is 2.33. The Bertz CT molecular complexity index is 1030. The highest BCUT2D eigenvalue weighted by molar-refractivity contribution is 9.10. The monoisotopic (exact) mass is 464 g/mol. The van der Waals surface area contributed by atoms with Crippen LogP contribution in [0.1, 0.15) is 16.1 Å². The number of carbonyl (C=O) groups excluding carboxylic acids is 1. The van der Waals surface area contributed by atoms with Gasteiger partial charge in [0, 0.05) is 0 Å². The predicted molar refractivity (Wildman–Crippen MR) is 88.6 cm³/mol. The van der Waals surface area contributed by atoms with Crippen molar-refractivity contribution in [2.45, 2.75) is 6.18 Å². The Morgan fingerprint density at radius 1 is 0.964 bits per heavy atom. The Kier molecular flexibility index (Phi) is 5.24. The summed E-state index contributed by atoms with van der Waals surface area (Å²) in [5.41, 5.74) is -1.72. The van der Waals surface area contributed by atoms with Crippen molar-refractivity contribution in [3.8, 4) is 22.8 Å². The molecule has 0 saturated heterocycles. The minimum atomic E-state index is -4.95. The smallest absolute Gasteiger partial charge is 0.416 e. The lowest BCUT2D eigenvalue weighted by molar-refractivity contribution is -0.138. The summed E-state index contributed by atoms with van der Waals surface area (Å²) in [4.78, 5) is 10.7. The zero-order valence-electron chi connectivity index (χ0n) is 13.4. The van der Waals surface area contributed by atoms with Gasteiger partial charge in [0.1, 0.15) is 17.3 Å². The van der Waals surface area contributed by atoms with Crippen LogP contribution in [0.3, 0.4) is 0 Å². The molecule has 1 heterocycles. The van der Waals surface area contributed by atoms with Crippen molar-refractivity contribution in [1.29, 1.82) is 0 Å². The maximum absolute atomic E-state index is 14.2. The standard InChI is InChI=1S/C18H7BrF6O3/c19-11-6-12(20)10(15-2-1-9(7-26)27-15)5-16(11)28-17-13(21)3-8(4-14(17)22)18(23,24)25/h1-7H. The molecule has 3 aromatic rings. The van der Waals surface area contributed by atoms with Crippen LogP contribution in [0.15, 0.2) is 45.3 Å². The Balaban J connectivity index is 2.03. The third-order valence-electron chi connectivity index (χ3n) is 3.57. The summed E-state index contributed by atoms with van der Waals surface area (Å²) in [5, 5.41) is 0. The molecule has 3 rings (SSSR count). The fourth-order valence-electron chi connectivity index (χ4n) is 2.29. The number of hydrogen-bond donors (Lipinski definition) is 0. The van der Waals surface area contributed by atoms with Gasteiger partial charge in [-0.05, 0) is 52.3 Å². The third kappa shape index (κ3) is 3.91. The zero-order valence-corrected chi connectivity index (χ0v) is 15.0. The summed E-state index contributed by atoms with van der Waals surface area (Å²) in [6, 6.07) is 4.66. The van der Waals surface area contributed by atoms with Gasteiger partial charge in [-0.2, -0.15) is 13.2 Å². The van der Waals surface area contributed by atoms with Gasteiger partial charge in [0.05, 0.1) is 15.6 Å². The van der Waals surface area contributed by atoms with Crippen molar-refractivity contribution < 1.29 is 40.3 Å². The van der Waals surface area contributed by atoms with Crippen molar-refractivity contribution in [2.24, 2.45) is 0 Å². The molecule has 28 heavy (non-hydrogen) atoms. The second-order valence-electron chi connectivity index (χ2n) is 5.45. The molecule has 0 aliphatic carbocycles. The van der Waals surface area contributed by atoms with E-state index in [1.165, 1.54) is 12.1 Å². The molecule has 0 amide bonds. The summed E-state index contributed by atoms with van der Waals surface area (Å²) in [6.45, 7) is 0. The molecular formula is C18H7BrF6O3. The van der Waals surface area contributed by atoms with Crippen molar-refractivity contribution in [3.63, 3.8) is 0 Å². The molecule has 3 nitrogen and oxygen atoms in total. The molecule has 1 aromatic heterocycles. The fourth-order valence-corrected chi connectivity index (χ4v) is 2.68. The molecule has 0 spiro atoms. The lowest BCUT2D eigenvalue weighted by Crippen LogP contribution is -2.07. The zero-order chi connectivity index (χ0) is 20.6. The van der Waals surface area contributed by atoms with Gasteiger partial charge >= 0.3 is 6.18 Å². The van der Waals surface area contributed by atoms with Gasteiger partial charge in [-0.3, -0.25) is 4.79 Å². The minimum absolute atomic E-state index is 0.0605. The SMILES string of the molecule is O=Cc1ccc(-c2cc(Oc3c(F)cc(C(F)(F)F)cc3F)c(Br)cc2F)o1. The Morgan fingerprint density at radius 2 is 1.61 bits per heavy atom. The first kappa shape index (κ1) is 20.0. The number of benzene rings is 2. The van der Waals surface area contributed by atoms with E-state index in [-0.39, 0.29) is 39.4 Å². The number of furan rings is 1. The molecule has 0 N–H and O–H groups in total. The maximum atomic E-state index is 14.2. The van der Waals surface area contributed by atoms with E-state index in [1.54, 1.807) is 0 Å². The van der Waals surface area contributed by atoms with Crippen LogP contribution < -0.4 is 4.74 Å². The molecule has 0 unspecified atom stereocenters. The molecule has 2 aromatic carbocycles. The molecule has 0 bridgehead atoms. The number of halogens is 7. The Labute approximate surface area is 161 Å². The van der Waals surface area contributed by atoms with Crippen LogP contribution in [-0.4, -0.2) is 6.29 Å². The molecule has 146 valence electrons. The van der Waals surface area contributed by atoms with Gasteiger partial charge in [0.2, 0.25) is 0 Å². The van der Waals surface area contributed by atoms with Crippen LogP contribution in [0, 0.1) is 17.5 Å². The highest BCUT2D eigenvalue weighted by atomic mass is 79.9. The lowest BCUT2D eigenvalue weighted by atomic mass is 10.1. The maximum Gasteiger partial charge on any atom is 0.416 e. The van der Waals surface area contributed by atoms with Crippen LogP contribution in [0.5, 0.6) is 11.5 Å². The first-order chi connectivity index (χ1) is 13.1. The van der Waals surface area contributed by atoms with E-state index in [0.29, 0.717) is 6.29 Å². The highest BCUT2D eigenvalue weighted by Crippen LogP contribution is 2.39. The molecule has 0 fully saturated rings. The summed E-state index contributed by atoms with van der Waals surface area (Å²) in [5.74, 6) is -5.53. The number of rotatable bonds is 4. The molecule has 0 atom stereocenters. The van der Waals surface area contributed by atoms with Crippen molar-refractivity contribution in [2.75, 3.05) is 0 Å². The minimum Gasteiger partial charge on any atom is -0.453 e. The molecule has 10 heteroatoms. The van der Waals surface area contributed by atoms with Gasteiger partial charge in [0.15, 0.2) is 29.4 Å². The van der Waals surface area contributed by atoms with Crippen molar-refractivity contribution in [3.05, 3.63) is 69.6 Å². The van der Waals surface area contributed by atoms with E-state index in [9.17, 15) is 31.1 Å². The van der Waals surface area contributed by atoms with Crippen LogP contribution in [0.25, 0.3) is 11.3 Å². The van der Waals surface area contributed by atoms with Gasteiger partial charge in [-0.1, -0.05) is 0 Å². The van der Waals surface area contributed by atoms with E-state index in [2.05, 4.69) is 15.9 Å². The van der Waals surface area contributed by atoms with E-state index >= 15 is 0 Å². The van der Waals surface area contributed by atoms with Gasteiger partial charge in [-0.25, -0.2) is 13.2 Å². The normalized spacial score (nSPS) is 11.5. The number of alkyl halides is 3. The average molecular weight is 465 g/mol. The third-order valence-corrected chi connectivity index (χ3v) is 4.19. The number of carbonyl (C=O) groups is 1. The first-order valence-electron chi connectivity index (χ1n) is 7.38. The van der Waals surface area contributed by atoms with Crippen molar-refractivity contribution in [1.82, 2.24) is 0 Å². The summed E-state index contributed by atoms with van der Waals surface area (Å²) < 4.78 is 90.2. The van der Waals surface area contributed by atoms with E-state index in [0.717, 1.165) is 12.1 Å². The number of aldehydes is 1. The fraction of sp³-hybridized carbons (Fsp3) is 0.0556. The summed E-state index contributed by atoms with van der Waals surface area (Å²) >= 11 is 2.95. The largest absolute Gasteiger partial charge is 0.453 e. The Morgan fingerprint density at radius 3 is 2.14 bits per heavy atom. The predicted octanol–water partition coefficient (Wildman–Crippen LogP) is 6.75. The first-order valence-corrected chi connectivity index (χ1v) is 8.18.